The molecule has 5 heteroatoms. The van der Waals surface area contributed by atoms with Crippen molar-refractivity contribution in [1.82, 2.24) is 4.98 Å². The van der Waals surface area contributed by atoms with Gasteiger partial charge in [0.2, 0.25) is 5.76 Å². The average molecular weight is 342 g/mol. The average Bonchev–Trinajstić information content (AvgIpc) is 2.61. The number of anilines is 1. The molecule has 0 aliphatic rings. The number of hydrogen-bond acceptors (Lipinski definition) is 3. The first-order valence-corrected chi connectivity index (χ1v) is 6.15. The second kappa shape index (κ2) is 4.87. The third-order valence-electron chi connectivity index (χ3n) is 2.21. The van der Waals surface area contributed by atoms with Crippen molar-refractivity contribution in [1.29, 1.82) is 0 Å². The standard InChI is InChI=1S/C12H11IN2O2/c1-7-11(17-8(2)14-7)12(16)15-10-5-3-9(13)4-6-10/h3-6H,1-2H3,(H,15,16). The number of hydrogen-bond donors (Lipinski definition) is 1. The summed E-state index contributed by atoms with van der Waals surface area (Å²) in [6, 6.07) is 7.54. The summed E-state index contributed by atoms with van der Waals surface area (Å²) in [6.07, 6.45) is 0. The van der Waals surface area contributed by atoms with Crippen LogP contribution in [0.2, 0.25) is 0 Å². The number of amides is 1. The summed E-state index contributed by atoms with van der Waals surface area (Å²) in [6.45, 7) is 3.47. The fourth-order valence-electron chi connectivity index (χ4n) is 1.46. The van der Waals surface area contributed by atoms with Crippen LogP contribution in [0.25, 0.3) is 0 Å². The van der Waals surface area contributed by atoms with E-state index in [0.717, 1.165) is 9.26 Å². The maximum absolute atomic E-state index is 11.9. The molecule has 0 fully saturated rings. The highest BCUT2D eigenvalue weighted by molar-refractivity contribution is 14.1. The molecule has 0 atom stereocenters. The van der Waals surface area contributed by atoms with Gasteiger partial charge in [-0.2, -0.15) is 0 Å². The van der Waals surface area contributed by atoms with Crippen LogP contribution >= 0.6 is 22.6 Å². The molecule has 0 aliphatic heterocycles. The molecule has 17 heavy (non-hydrogen) atoms. The van der Waals surface area contributed by atoms with Gasteiger partial charge in [0.05, 0.1) is 5.69 Å². The minimum absolute atomic E-state index is 0.265. The molecule has 2 rings (SSSR count). The lowest BCUT2D eigenvalue weighted by atomic mass is 10.3. The third kappa shape index (κ3) is 2.85. The van der Waals surface area contributed by atoms with Crippen LogP contribution in [-0.2, 0) is 0 Å². The number of benzene rings is 1. The Balaban J connectivity index is 2.17. The number of nitrogens with zero attached hydrogens (tertiary/aromatic N) is 1. The zero-order chi connectivity index (χ0) is 12.4. The number of aryl methyl sites for hydroxylation is 2. The SMILES string of the molecule is Cc1nc(C)c(C(=O)Nc2ccc(I)cc2)o1. The highest BCUT2D eigenvalue weighted by Crippen LogP contribution is 2.15. The normalized spacial score (nSPS) is 10.3. The van der Waals surface area contributed by atoms with Crippen LogP contribution in [0.3, 0.4) is 0 Å². The Hall–Kier alpha value is -1.37. The maximum Gasteiger partial charge on any atom is 0.293 e. The lowest BCUT2D eigenvalue weighted by molar-refractivity contribution is 0.0994. The van der Waals surface area contributed by atoms with Crippen molar-refractivity contribution in [2.45, 2.75) is 13.8 Å². The van der Waals surface area contributed by atoms with Crippen LogP contribution in [-0.4, -0.2) is 10.9 Å². The topological polar surface area (TPSA) is 55.1 Å². The predicted molar refractivity (Wildman–Crippen MR) is 73.1 cm³/mol. The van der Waals surface area contributed by atoms with Crippen molar-refractivity contribution in [3.63, 3.8) is 0 Å². The van der Waals surface area contributed by atoms with Gasteiger partial charge in [-0.05, 0) is 53.8 Å². The second-order valence-corrected chi connectivity index (χ2v) is 4.85. The van der Waals surface area contributed by atoms with Crippen molar-refractivity contribution in [2.75, 3.05) is 5.32 Å². The molecule has 1 aromatic carbocycles. The number of oxazole rings is 1. The number of rotatable bonds is 2. The summed E-state index contributed by atoms with van der Waals surface area (Å²) in [5.41, 5.74) is 1.34. The van der Waals surface area contributed by atoms with Crippen molar-refractivity contribution in [3.05, 3.63) is 45.2 Å². The van der Waals surface area contributed by atoms with Crippen molar-refractivity contribution in [3.8, 4) is 0 Å². The number of carbonyl (C=O) groups is 1. The van der Waals surface area contributed by atoms with Crippen LogP contribution in [0.4, 0.5) is 5.69 Å². The zero-order valence-electron chi connectivity index (χ0n) is 9.45. The Morgan fingerprint density at radius 2 is 1.94 bits per heavy atom. The molecule has 2 aromatic rings. The molecular formula is C12H11IN2O2. The minimum Gasteiger partial charge on any atom is -0.436 e. The van der Waals surface area contributed by atoms with Gasteiger partial charge < -0.3 is 9.73 Å². The summed E-state index contributed by atoms with van der Waals surface area (Å²) in [7, 11) is 0. The molecule has 0 saturated carbocycles. The zero-order valence-corrected chi connectivity index (χ0v) is 11.6. The molecule has 0 spiro atoms. The van der Waals surface area contributed by atoms with E-state index >= 15 is 0 Å². The molecule has 0 radical (unpaired) electrons. The van der Waals surface area contributed by atoms with Gasteiger partial charge in [0.1, 0.15) is 0 Å². The van der Waals surface area contributed by atoms with Crippen molar-refractivity contribution < 1.29 is 9.21 Å². The monoisotopic (exact) mass is 342 g/mol. The molecule has 0 saturated heterocycles. The van der Waals surface area contributed by atoms with E-state index in [1.54, 1.807) is 13.8 Å². The van der Waals surface area contributed by atoms with Crippen molar-refractivity contribution in [2.24, 2.45) is 0 Å². The molecule has 1 amide bonds. The third-order valence-corrected chi connectivity index (χ3v) is 2.93. The smallest absolute Gasteiger partial charge is 0.293 e. The Bertz CT molecular complexity index is 546. The summed E-state index contributed by atoms with van der Waals surface area (Å²) in [5.74, 6) is 0.487. The number of halogens is 1. The lowest BCUT2D eigenvalue weighted by Crippen LogP contribution is -2.12. The summed E-state index contributed by atoms with van der Waals surface area (Å²) < 4.78 is 6.37. The molecule has 4 nitrogen and oxygen atoms in total. The number of carbonyl (C=O) groups excluding carboxylic acids is 1. The summed E-state index contributed by atoms with van der Waals surface area (Å²) in [5, 5.41) is 2.76. The van der Waals surface area contributed by atoms with Gasteiger partial charge in [0.15, 0.2) is 5.89 Å². The van der Waals surface area contributed by atoms with Crippen LogP contribution in [0, 0.1) is 17.4 Å². The van der Waals surface area contributed by atoms with E-state index < -0.39 is 0 Å². The Morgan fingerprint density at radius 3 is 2.47 bits per heavy atom. The van der Waals surface area contributed by atoms with Crippen LogP contribution in [0.15, 0.2) is 28.7 Å². The molecule has 0 aliphatic carbocycles. The fraction of sp³-hybridized carbons (Fsp3) is 0.167. The number of nitrogens with one attached hydrogen (secondary N) is 1. The van der Waals surface area contributed by atoms with E-state index in [2.05, 4.69) is 32.9 Å². The number of aromatic nitrogens is 1. The molecule has 0 unspecified atom stereocenters. The Morgan fingerprint density at radius 1 is 1.29 bits per heavy atom. The largest absolute Gasteiger partial charge is 0.436 e. The molecule has 1 heterocycles. The van der Waals surface area contributed by atoms with Gasteiger partial charge >= 0.3 is 0 Å². The molecule has 0 bridgehead atoms. The lowest BCUT2D eigenvalue weighted by Gasteiger charge is -2.03. The van der Waals surface area contributed by atoms with E-state index in [-0.39, 0.29) is 11.7 Å². The quantitative estimate of drug-likeness (QED) is 0.853. The van der Waals surface area contributed by atoms with Gasteiger partial charge in [0.25, 0.3) is 5.91 Å². The summed E-state index contributed by atoms with van der Waals surface area (Å²) >= 11 is 2.21. The first-order chi connectivity index (χ1) is 8.06. The highest BCUT2D eigenvalue weighted by atomic mass is 127. The van der Waals surface area contributed by atoms with Gasteiger partial charge in [-0.1, -0.05) is 0 Å². The summed E-state index contributed by atoms with van der Waals surface area (Å²) in [4.78, 5) is 15.9. The molecule has 1 aromatic heterocycles. The van der Waals surface area contributed by atoms with Gasteiger partial charge in [-0.3, -0.25) is 4.79 Å². The van der Waals surface area contributed by atoms with Crippen LogP contribution in [0.1, 0.15) is 22.1 Å². The van der Waals surface area contributed by atoms with E-state index in [9.17, 15) is 4.79 Å². The van der Waals surface area contributed by atoms with Crippen LogP contribution < -0.4 is 5.32 Å². The van der Waals surface area contributed by atoms with Gasteiger partial charge in [-0.25, -0.2) is 4.98 Å². The van der Waals surface area contributed by atoms with E-state index in [1.165, 1.54) is 0 Å². The van der Waals surface area contributed by atoms with Gasteiger partial charge in [-0.15, -0.1) is 0 Å². The maximum atomic E-state index is 11.9. The Labute approximate surface area is 113 Å². The molecule has 88 valence electrons. The van der Waals surface area contributed by atoms with E-state index in [4.69, 9.17) is 4.42 Å². The van der Waals surface area contributed by atoms with E-state index in [0.29, 0.717) is 11.6 Å². The van der Waals surface area contributed by atoms with Crippen LogP contribution in [0.5, 0.6) is 0 Å². The first kappa shape index (κ1) is 12.1. The second-order valence-electron chi connectivity index (χ2n) is 3.61. The molecular weight excluding hydrogens is 331 g/mol. The highest BCUT2D eigenvalue weighted by Gasteiger charge is 2.15. The van der Waals surface area contributed by atoms with E-state index in [1.807, 2.05) is 24.3 Å². The first-order valence-electron chi connectivity index (χ1n) is 5.07. The minimum atomic E-state index is -0.274. The Kier molecular flexibility index (Phi) is 3.46. The van der Waals surface area contributed by atoms with Gasteiger partial charge in [0, 0.05) is 16.2 Å². The van der Waals surface area contributed by atoms with Crippen molar-refractivity contribution >= 4 is 34.2 Å². The molecule has 1 N–H and O–H groups in total. The fourth-order valence-corrected chi connectivity index (χ4v) is 1.82. The predicted octanol–water partition coefficient (Wildman–Crippen LogP) is 3.15.